The molecule has 2 N–H and O–H groups in total. The fourth-order valence-electron chi connectivity index (χ4n) is 3.06. The van der Waals surface area contributed by atoms with Crippen molar-refractivity contribution in [2.24, 2.45) is 0 Å². The first kappa shape index (κ1) is 18.1. The highest BCUT2D eigenvalue weighted by Gasteiger charge is 2.33. The van der Waals surface area contributed by atoms with Gasteiger partial charge in [0, 0.05) is 22.1 Å². The van der Waals surface area contributed by atoms with E-state index in [-0.39, 0.29) is 31.2 Å². The van der Waals surface area contributed by atoms with Crippen LogP contribution in [-0.4, -0.2) is 34.3 Å². The molecule has 134 valence electrons. The molecule has 2 aromatic rings. The summed E-state index contributed by atoms with van der Waals surface area (Å²) in [6.45, 7) is -0.135. The fraction of sp³-hybridized carbons (Fsp3) is 0.211. The van der Waals surface area contributed by atoms with Crippen molar-refractivity contribution >= 4 is 39.4 Å². The normalized spacial score (nSPS) is 16.4. The first-order valence-electron chi connectivity index (χ1n) is 8.11. The summed E-state index contributed by atoms with van der Waals surface area (Å²) >= 11 is 3.44. The highest BCUT2D eigenvalue weighted by molar-refractivity contribution is 9.10. The zero-order valence-corrected chi connectivity index (χ0v) is 15.4. The van der Waals surface area contributed by atoms with Crippen molar-refractivity contribution in [2.75, 3.05) is 11.9 Å². The number of carboxylic acid groups (broad SMARTS) is 1. The summed E-state index contributed by atoms with van der Waals surface area (Å²) < 4.78 is 0.825. The number of hydrogen-bond acceptors (Lipinski definition) is 3. The highest BCUT2D eigenvalue weighted by Crippen LogP contribution is 2.37. The number of fused-ring (bicyclic) bond motifs is 1. The third kappa shape index (κ3) is 3.94. The third-order valence-electron chi connectivity index (χ3n) is 4.20. The van der Waals surface area contributed by atoms with Gasteiger partial charge in [-0.3, -0.25) is 14.4 Å². The maximum atomic E-state index is 12.8. The zero-order chi connectivity index (χ0) is 18.7. The topological polar surface area (TPSA) is 86.7 Å². The molecule has 0 aromatic heterocycles. The Hall–Kier alpha value is -2.67. The van der Waals surface area contributed by atoms with E-state index in [1.165, 1.54) is 4.90 Å². The molecule has 7 heteroatoms. The van der Waals surface area contributed by atoms with Gasteiger partial charge in [-0.15, -0.1) is 0 Å². The van der Waals surface area contributed by atoms with Crippen LogP contribution in [0.2, 0.25) is 0 Å². The van der Waals surface area contributed by atoms with Crippen LogP contribution in [-0.2, 0) is 14.4 Å². The third-order valence-corrected chi connectivity index (χ3v) is 4.69. The Kier molecular flexibility index (Phi) is 5.37. The van der Waals surface area contributed by atoms with Crippen LogP contribution in [0.3, 0.4) is 0 Å². The lowest BCUT2D eigenvalue weighted by atomic mass is 9.95. The van der Waals surface area contributed by atoms with E-state index in [9.17, 15) is 14.4 Å². The summed E-state index contributed by atoms with van der Waals surface area (Å²) in [6.07, 6.45) is -0.431. The molecule has 1 aliphatic rings. The second-order valence-electron chi connectivity index (χ2n) is 6.01. The van der Waals surface area contributed by atoms with Gasteiger partial charge in [0.1, 0.15) is 6.54 Å². The van der Waals surface area contributed by atoms with Gasteiger partial charge in [0.05, 0.1) is 12.5 Å². The summed E-state index contributed by atoms with van der Waals surface area (Å²) in [7, 11) is 0. The first-order chi connectivity index (χ1) is 12.5. The quantitative estimate of drug-likeness (QED) is 0.800. The number of halogens is 1. The number of carboxylic acids is 1. The number of carbonyl (C=O) groups excluding carboxylic acids is 2. The van der Waals surface area contributed by atoms with E-state index in [0.717, 1.165) is 15.6 Å². The van der Waals surface area contributed by atoms with Crippen LogP contribution < -0.4 is 5.32 Å². The van der Waals surface area contributed by atoms with Gasteiger partial charge >= 0.3 is 5.97 Å². The molecule has 0 saturated heterocycles. The summed E-state index contributed by atoms with van der Waals surface area (Å²) in [5.41, 5.74) is 2.27. The molecule has 1 aliphatic heterocycles. The van der Waals surface area contributed by atoms with Crippen LogP contribution >= 0.6 is 15.9 Å². The summed E-state index contributed by atoms with van der Waals surface area (Å²) in [5, 5.41) is 11.7. The van der Waals surface area contributed by atoms with Gasteiger partial charge in [-0.05, 0) is 23.8 Å². The van der Waals surface area contributed by atoms with Crippen LogP contribution in [0.15, 0.2) is 53.0 Å². The molecule has 0 aliphatic carbocycles. The minimum Gasteiger partial charge on any atom is -0.481 e. The molecule has 0 saturated carbocycles. The van der Waals surface area contributed by atoms with Crippen LogP contribution in [0.4, 0.5) is 5.69 Å². The van der Waals surface area contributed by atoms with Gasteiger partial charge in [0.25, 0.3) is 0 Å². The molecular formula is C19H17BrN2O4. The number of anilines is 1. The molecule has 0 radical (unpaired) electrons. The molecule has 2 aromatic carbocycles. The van der Waals surface area contributed by atoms with E-state index in [1.54, 1.807) is 6.07 Å². The lowest BCUT2D eigenvalue weighted by molar-refractivity contribution is -0.142. The number of hydrogen-bond donors (Lipinski definition) is 2. The van der Waals surface area contributed by atoms with Crippen LogP contribution in [0.25, 0.3) is 0 Å². The first-order valence-corrected chi connectivity index (χ1v) is 8.90. The molecule has 0 unspecified atom stereocenters. The van der Waals surface area contributed by atoms with Crippen molar-refractivity contribution in [3.63, 3.8) is 0 Å². The monoisotopic (exact) mass is 416 g/mol. The molecule has 0 spiro atoms. The molecule has 0 fully saturated rings. The van der Waals surface area contributed by atoms with E-state index in [1.807, 2.05) is 42.5 Å². The van der Waals surface area contributed by atoms with Gasteiger partial charge in [0.15, 0.2) is 0 Å². The standard InChI is InChI=1S/C19H17BrN2O4/c20-13-6-7-15-14(10-13)19(12-4-2-1-3-5-12)22(11-16(23)21-15)17(24)8-9-18(25)26/h1-7,10,19H,8-9,11H2,(H,21,23)(H,25,26)/t19-/m1/s1. The highest BCUT2D eigenvalue weighted by atomic mass is 79.9. The Morgan fingerprint density at radius 2 is 1.88 bits per heavy atom. The second-order valence-corrected chi connectivity index (χ2v) is 6.92. The number of amides is 2. The average Bonchev–Trinajstić information content (AvgIpc) is 2.76. The van der Waals surface area contributed by atoms with Gasteiger partial charge in [-0.2, -0.15) is 0 Å². The van der Waals surface area contributed by atoms with E-state index in [4.69, 9.17) is 5.11 Å². The predicted molar refractivity (Wildman–Crippen MR) is 99.6 cm³/mol. The van der Waals surface area contributed by atoms with Crippen molar-refractivity contribution in [2.45, 2.75) is 18.9 Å². The minimum atomic E-state index is -1.04. The smallest absolute Gasteiger partial charge is 0.303 e. The fourth-order valence-corrected chi connectivity index (χ4v) is 3.44. The Balaban J connectivity index is 2.09. The molecular weight excluding hydrogens is 400 g/mol. The van der Waals surface area contributed by atoms with E-state index in [0.29, 0.717) is 5.69 Å². The van der Waals surface area contributed by atoms with Crippen molar-refractivity contribution in [1.29, 1.82) is 0 Å². The lowest BCUT2D eigenvalue weighted by Gasteiger charge is -2.30. The largest absolute Gasteiger partial charge is 0.481 e. The number of benzene rings is 2. The Morgan fingerprint density at radius 3 is 2.58 bits per heavy atom. The molecule has 1 atom stereocenters. The van der Waals surface area contributed by atoms with Gasteiger partial charge in [-0.1, -0.05) is 46.3 Å². The Bertz CT molecular complexity index is 854. The lowest BCUT2D eigenvalue weighted by Crippen LogP contribution is -2.39. The van der Waals surface area contributed by atoms with Crippen LogP contribution in [0, 0.1) is 0 Å². The van der Waals surface area contributed by atoms with Crippen molar-refractivity contribution in [3.05, 3.63) is 64.1 Å². The zero-order valence-electron chi connectivity index (χ0n) is 13.8. The minimum absolute atomic E-state index is 0.135. The number of nitrogens with zero attached hydrogens (tertiary/aromatic N) is 1. The van der Waals surface area contributed by atoms with Gasteiger partial charge in [0.2, 0.25) is 11.8 Å². The molecule has 2 amide bonds. The van der Waals surface area contributed by atoms with E-state index in [2.05, 4.69) is 21.2 Å². The van der Waals surface area contributed by atoms with Crippen molar-refractivity contribution < 1.29 is 19.5 Å². The molecule has 1 heterocycles. The van der Waals surface area contributed by atoms with Crippen molar-refractivity contribution in [1.82, 2.24) is 4.90 Å². The number of aliphatic carboxylic acids is 1. The summed E-state index contributed by atoms with van der Waals surface area (Å²) in [6, 6.07) is 14.4. The Labute approximate surface area is 158 Å². The molecule has 26 heavy (non-hydrogen) atoms. The maximum Gasteiger partial charge on any atom is 0.303 e. The predicted octanol–water partition coefficient (Wildman–Crippen LogP) is 3.18. The maximum absolute atomic E-state index is 12.8. The van der Waals surface area contributed by atoms with Crippen LogP contribution in [0.1, 0.15) is 30.0 Å². The molecule has 0 bridgehead atoms. The van der Waals surface area contributed by atoms with Gasteiger partial charge < -0.3 is 15.3 Å². The second kappa shape index (κ2) is 7.70. The Morgan fingerprint density at radius 1 is 1.15 bits per heavy atom. The molecule has 6 nitrogen and oxygen atoms in total. The number of carbonyl (C=O) groups is 3. The number of rotatable bonds is 4. The molecule has 3 rings (SSSR count). The van der Waals surface area contributed by atoms with Crippen molar-refractivity contribution in [3.8, 4) is 0 Å². The summed E-state index contributed by atoms with van der Waals surface area (Å²) in [4.78, 5) is 37.4. The van der Waals surface area contributed by atoms with Crippen LogP contribution in [0.5, 0.6) is 0 Å². The SMILES string of the molecule is O=C(O)CCC(=O)N1CC(=O)Nc2ccc(Br)cc2[C@H]1c1ccccc1. The number of nitrogens with one attached hydrogen (secondary N) is 1. The summed E-state index contributed by atoms with van der Waals surface area (Å²) in [5.74, 6) is -1.73. The van der Waals surface area contributed by atoms with Gasteiger partial charge in [-0.25, -0.2) is 0 Å². The van der Waals surface area contributed by atoms with E-state index >= 15 is 0 Å². The average molecular weight is 417 g/mol. The van der Waals surface area contributed by atoms with E-state index < -0.39 is 12.0 Å².